The Balaban J connectivity index is 1.72. The molecule has 0 saturated carbocycles. The molecule has 7 nitrogen and oxygen atoms in total. The number of anilines is 1. The van der Waals surface area contributed by atoms with E-state index >= 15 is 0 Å². The molecule has 0 spiro atoms. The molecule has 1 atom stereocenters. The van der Waals surface area contributed by atoms with Crippen LogP contribution in [0.3, 0.4) is 0 Å². The number of imide groups is 1. The highest BCUT2D eigenvalue weighted by Crippen LogP contribution is 2.25. The average Bonchev–Trinajstić information content (AvgIpc) is 2.78. The lowest BCUT2D eigenvalue weighted by atomic mass is 10.1. The smallest absolute Gasteiger partial charge is 0.290 e. The summed E-state index contributed by atoms with van der Waals surface area (Å²) in [6, 6.07) is 2.01. The molecule has 2 saturated heterocycles. The zero-order valence-corrected chi connectivity index (χ0v) is 12.1. The standard InChI is InChI=1S/C13H15N5O2S/c19-11-10(21-13(20)18-11)6-8-3-5-15-12(16-8)17-9-2-1-4-14-7-9/h3,5-6,9,14H,1-2,4,7H2,(H,15,16,17)(H,18,19,20)/b10-6-/t9-/m1/s1. The van der Waals surface area contributed by atoms with Gasteiger partial charge in [-0.05, 0) is 43.3 Å². The zero-order valence-electron chi connectivity index (χ0n) is 11.3. The Hall–Kier alpha value is -1.93. The van der Waals surface area contributed by atoms with Crippen LogP contribution in [0.15, 0.2) is 17.2 Å². The summed E-state index contributed by atoms with van der Waals surface area (Å²) in [5.74, 6) is 0.155. The first kappa shape index (κ1) is 14.0. The van der Waals surface area contributed by atoms with Gasteiger partial charge < -0.3 is 10.6 Å². The third-order valence-corrected chi connectivity index (χ3v) is 4.04. The summed E-state index contributed by atoms with van der Waals surface area (Å²) >= 11 is 0.881. The molecule has 2 fully saturated rings. The maximum atomic E-state index is 11.5. The molecular weight excluding hydrogens is 290 g/mol. The molecule has 8 heteroatoms. The molecule has 0 radical (unpaired) electrons. The minimum absolute atomic E-state index is 0.312. The largest absolute Gasteiger partial charge is 0.350 e. The van der Waals surface area contributed by atoms with Crippen molar-refractivity contribution in [3.63, 3.8) is 0 Å². The molecule has 2 amide bonds. The number of carbonyl (C=O) groups excluding carboxylic acids is 2. The van der Waals surface area contributed by atoms with Crippen molar-refractivity contribution in [3.8, 4) is 0 Å². The molecule has 0 bridgehead atoms. The number of nitrogens with one attached hydrogen (secondary N) is 3. The monoisotopic (exact) mass is 305 g/mol. The summed E-state index contributed by atoms with van der Waals surface area (Å²) in [7, 11) is 0. The highest BCUT2D eigenvalue weighted by atomic mass is 32.2. The van der Waals surface area contributed by atoms with E-state index < -0.39 is 0 Å². The Bertz CT molecular complexity index is 598. The quantitative estimate of drug-likeness (QED) is 0.716. The predicted octanol–water partition coefficient (Wildman–Crippen LogP) is 0.964. The topological polar surface area (TPSA) is 96.0 Å². The number of amides is 2. The molecular formula is C13H15N5O2S. The van der Waals surface area contributed by atoms with Crippen LogP contribution in [0.1, 0.15) is 18.5 Å². The van der Waals surface area contributed by atoms with Crippen molar-refractivity contribution < 1.29 is 9.59 Å². The van der Waals surface area contributed by atoms with Crippen LogP contribution in [0.2, 0.25) is 0 Å². The summed E-state index contributed by atoms with van der Waals surface area (Å²) in [6.07, 6.45) is 5.43. The van der Waals surface area contributed by atoms with E-state index in [-0.39, 0.29) is 11.1 Å². The lowest BCUT2D eigenvalue weighted by Crippen LogP contribution is -2.38. The lowest BCUT2D eigenvalue weighted by molar-refractivity contribution is -0.115. The predicted molar refractivity (Wildman–Crippen MR) is 80.7 cm³/mol. The third kappa shape index (κ3) is 3.59. The van der Waals surface area contributed by atoms with E-state index in [2.05, 4.69) is 25.9 Å². The SMILES string of the molecule is O=C1NC(=O)/C(=C/c2ccnc(N[C@@H]3CCCNC3)n2)S1. The molecule has 110 valence electrons. The van der Waals surface area contributed by atoms with E-state index in [1.807, 2.05) is 0 Å². The van der Waals surface area contributed by atoms with Gasteiger partial charge in [-0.25, -0.2) is 9.97 Å². The van der Waals surface area contributed by atoms with Gasteiger partial charge in [-0.15, -0.1) is 0 Å². The number of thioether (sulfide) groups is 1. The minimum atomic E-state index is -0.380. The van der Waals surface area contributed by atoms with Crippen molar-refractivity contribution in [3.05, 3.63) is 22.9 Å². The Kier molecular flexibility index (Phi) is 4.16. The molecule has 1 aromatic rings. The normalized spacial score (nSPS) is 24.2. The fourth-order valence-electron chi connectivity index (χ4n) is 2.24. The van der Waals surface area contributed by atoms with E-state index in [0.29, 0.717) is 22.6 Å². The molecule has 21 heavy (non-hydrogen) atoms. The van der Waals surface area contributed by atoms with Crippen molar-refractivity contribution in [2.75, 3.05) is 18.4 Å². The summed E-state index contributed by atoms with van der Waals surface area (Å²) < 4.78 is 0. The molecule has 3 N–H and O–H groups in total. The lowest BCUT2D eigenvalue weighted by Gasteiger charge is -2.23. The fraction of sp³-hybridized carbons (Fsp3) is 0.385. The summed E-state index contributed by atoms with van der Waals surface area (Å²) in [5.41, 5.74) is 0.601. The molecule has 3 heterocycles. The zero-order chi connectivity index (χ0) is 14.7. The summed E-state index contributed by atoms with van der Waals surface area (Å²) in [6.45, 7) is 1.94. The molecule has 0 aliphatic carbocycles. The van der Waals surface area contributed by atoms with E-state index in [4.69, 9.17) is 0 Å². The number of aromatic nitrogens is 2. The number of carbonyl (C=O) groups is 2. The highest BCUT2D eigenvalue weighted by molar-refractivity contribution is 8.18. The van der Waals surface area contributed by atoms with E-state index in [9.17, 15) is 9.59 Å². The van der Waals surface area contributed by atoms with Crippen molar-refractivity contribution in [1.82, 2.24) is 20.6 Å². The van der Waals surface area contributed by atoms with Gasteiger partial charge in [-0.1, -0.05) is 0 Å². The average molecular weight is 305 g/mol. The molecule has 3 rings (SSSR count). The van der Waals surface area contributed by atoms with Crippen LogP contribution in [-0.2, 0) is 4.79 Å². The van der Waals surface area contributed by atoms with Crippen molar-refractivity contribution in [2.45, 2.75) is 18.9 Å². The number of nitrogens with zero attached hydrogens (tertiary/aromatic N) is 2. The van der Waals surface area contributed by atoms with Gasteiger partial charge in [-0.3, -0.25) is 14.9 Å². The van der Waals surface area contributed by atoms with Gasteiger partial charge in [-0.2, -0.15) is 0 Å². The first-order valence-corrected chi connectivity index (χ1v) is 7.57. The van der Waals surface area contributed by atoms with Gasteiger partial charge in [0.1, 0.15) is 0 Å². The van der Waals surface area contributed by atoms with Crippen LogP contribution in [0.25, 0.3) is 6.08 Å². The Morgan fingerprint density at radius 1 is 1.43 bits per heavy atom. The number of rotatable bonds is 3. The molecule has 0 unspecified atom stereocenters. The van der Waals surface area contributed by atoms with Crippen LogP contribution in [0, 0.1) is 0 Å². The van der Waals surface area contributed by atoms with Crippen molar-refractivity contribution in [2.24, 2.45) is 0 Å². The van der Waals surface area contributed by atoms with Gasteiger partial charge in [0.25, 0.3) is 11.1 Å². The van der Waals surface area contributed by atoms with Crippen LogP contribution >= 0.6 is 11.8 Å². The van der Waals surface area contributed by atoms with Crippen LogP contribution in [-0.4, -0.2) is 40.2 Å². The first-order valence-electron chi connectivity index (χ1n) is 6.76. The second-order valence-corrected chi connectivity index (χ2v) is 5.86. The summed E-state index contributed by atoms with van der Waals surface area (Å²) in [5, 5.41) is 8.46. The Labute approximate surface area is 126 Å². The first-order chi connectivity index (χ1) is 10.2. The van der Waals surface area contributed by atoms with Crippen LogP contribution in [0.4, 0.5) is 10.7 Å². The number of hydrogen-bond donors (Lipinski definition) is 3. The number of piperidine rings is 1. The van der Waals surface area contributed by atoms with Gasteiger partial charge in [0, 0.05) is 18.8 Å². The minimum Gasteiger partial charge on any atom is -0.350 e. The van der Waals surface area contributed by atoms with Crippen LogP contribution in [0.5, 0.6) is 0 Å². The Morgan fingerprint density at radius 2 is 2.33 bits per heavy atom. The maximum absolute atomic E-state index is 11.5. The fourth-order valence-corrected chi connectivity index (χ4v) is 2.90. The van der Waals surface area contributed by atoms with Gasteiger partial charge >= 0.3 is 0 Å². The van der Waals surface area contributed by atoms with Crippen molar-refractivity contribution >= 4 is 34.9 Å². The van der Waals surface area contributed by atoms with Crippen molar-refractivity contribution in [1.29, 1.82) is 0 Å². The highest BCUT2D eigenvalue weighted by Gasteiger charge is 2.25. The molecule has 2 aliphatic heterocycles. The maximum Gasteiger partial charge on any atom is 0.290 e. The number of hydrogen-bond acceptors (Lipinski definition) is 7. The Morgan fingerprint density at radius 3 is 3.05 bits per heavy atom. The second-order valence-electron chi connectivity index (χ2n) is 4.84. The molecule has 0 aromatic carbocycles. The van der Waals surface area contributed by atoms with E-state index in [1.54, 1.807) is 18.3 Å². The molecule has 1 aromatic heterocycles. The molecule has 2 aliphatic rings. The van der Waals surface area contributed by atoms with Gasteiger partial charge in [0.15, 0.2) is 0 Å². The van der Waals surface area contributed by atoms with E-state index in [1.165, 1.54) is 0 Å². The van der Waals surface area contributed by atoms with E-state index in [0.717, 1.165) is 37.7 Å². The second kappa shape index (κ2) is 6.23. The summed E-state index contributed by atoms with van der Waals surface area (Å²) in [4.78, 5) is 31.5. The third-order valence-electron chi connectivity index (χ3n) is 3.23. The van der Waals surface area contributed by atoms with Gasteiger partial charge in [0.05, 0.1) is 10.6 Å². The van der Waals surface area contributed by atoms with Gasteiger partial charge in [0.2, 0.25) is 5.95 Å². The van der Waals surface area contributed by atoms with Crippen LogP contribution < -0.4 is 16.0 Å².